The molecular formula is C26H32FN3O4. The minimum absolute atomic E-state index is 0.0379. The number of carbonyl (C=O) groups is 2. The summed E-state index contributed by atoms with van der Waals surface area (Å²) < 4.78 is 24.2. The Morgan fingerprint density at radius 3 is 2.32 bits per heavy atom. The first kappa shape index (κ1) is 24.0. The van der Waals surface area contributed by atoms with Crippen LogP contribution in [0.25, 0.3) is 0 Å². The molecule has 0 bridgehead atoms. The van der Waals surface area contributed by atoms with Gasteiger partial charge in [0, 0.05) is 43.5 Å². The molecule has 4 rings (SSSR count). The summed E-state index contributed by atoms with van der Waals surface area (Å²) in [6.07, 6.45) is 4.30. The zero-order valence-corrected chi connectivity index (χ0v) is 19.8. The molecule has 1 aliphatic heterocycles. The molecule has 0 radical (unpaired) electrons. The molecule has 8 heteroatoms. The molecule has 1 N–H and O–H groups in total. The number of nitrogens with zero attached hydrogens (tertiary/aromatic N) is 2. The number of piperazine rings is 1. The lowest BCUT2D eigenvalue weighted by Gasteiger charge is -2.40. The Kier molecular flexibility index (Phi) is 7.67. The first-order valence-electron chi connectivity index (χ1n) is 11.8. The lowest BCUT2D eigenvalue weighted by molar-refractivity contribution is -0.123. The van der Waals surface area contributed by atoms with E-state index < -0.39 is 5.82 Å². The molecule has 0 aromatic heterocycles. The van der Waals surface area contributed by atoms with Gasteiger partial charge >= 0.3 is 0 Å². The summed E-state index contributed by atoms with van der Waals surface area (Å²) in [5.74, 6) is 0.813. The Labute approximate surface area is 199 Å². The number of ether oxygens (including phenoxy) is 2. The van der Waals surface area contributed by atoms with Crippen molar-refractivity contribution in [3.63, 3.8) is 0 Å². The Balaban J connectivity index is 1.45. The van der Waals surface area contributed by atoms with Crippen molar-refractivity contribution >= 4 is 17.5 Å². The molecular weight excluding hydrogens is 437 g/mol. The van der Waals surface area contributed by atoms with Crippen LogP contribution in [0, 0.1) is 11.7 Å². The number of anilines is 1. The Morgan fingerprint density at radius 2 is 1.68 bits per heavy atom. The van der Waals surface area contributed by atoms with E-state index in [1.807, 2.05) is 0 Å². The first-order valence-corrected chi connectivity index (χ1v) is 11.8. The monoisotopic (exact) mass is 469 g/mol. The van der Waals surface area contributed by atoms with E-state index in [0.29, 0.717) is 48.9 Å². The number of rotatable bonds is 7. The number of hydrogen-bond acceptors (Lipinski definition) is 5. The highest BCUT2D eigenvalue weighted by molar-refractivity contribution is 5.96. The van der Waals surface area contributed by atoms with Crippen LogP contribution in [-0.2, 0) is 4.79 Å². The normalized spacial score (nSPS) is 17.9. The molecule has 1 aliphatic carbocycles. The number of carbonyl (C=O) groups excluding carboxylic acids is 2. The second-order valence-corrected chi connectivity index (χ2v) is 8.89. The number of nitrogens with one attached hydrogen (secondary N) is 1. The number of halogens is 1. The molecule has 1 saturated heterocycles. The third-order valence-corrected chi connectivity index (χ3v) is 6.83. The largest absolute Gasteiger partial charge is 0.493 e. The highest BCUT2D eigenvalue weighted by Gasteiger charge is 2.37. The lowest BCUT2D eigenvalue weighted by atomic mass is 9.94. The molecule has 2 aromatic rings. The third-order valence-electron chi connectivity index (χ3n) is 6.83. The zero-order valence-electron chi connectivity index (χ0n) is 19.8. The predicted molar refractivity (Wildman–Crippen MR) is 128 cm³/mol. The van der Waals surface area contributed by atoms with Crippen LogP contribution < -0.4 is 14.8 Å². The van der Waals surface area contributed by atoms with Gasteiger partial charge in [0.25, 0.3) is 5.91 Å². The summed E-state index contributed by atoms with van der Waals surface area (Å²) in [4.78, 5) is 30.2. The Hall–Kier alpha value is -3.13. The molecule has 1 unspecified atom stereocenters. The van der Waals surface area contributed by atoms with Crippen LogP contribution in [0.2, 0.25) is 0 Å². The van der Waals surface area contributed by atoms with Crippen molar-refractivity contribution in [3.05, 3.63) is 53.8 Å². The highest BCUT2D eigenvalue weighted by atomic mass is 19.1. The molecule has 2 aromatic carbocycles. The lowest BCUT2D eigenvalue weighted by Crippen LogP contribution is -2.56. The summed E-state index contributed by atoms with van der Waals surface area (Å²) >= 11 is 0. The van der Waals surface area contributed by atoms with Gasteiger partial charge < -0.3 is 19.7 Å². The average molecular weight is 470 g/mol. The summed E-state index contributed by atoms with van der Waals surface area (Å²) in [6.45, 7) is 2.20. The molecule has 1 saturated carbocycles. The highest BCUT2D eigenvalue weighted by Crippen LogP contribution is 2.33. The fourth-order valence-electron chi connectivity index (χ4n) is 5.09. The number of methoxy groups -OCH3 is 2. The van der Waals surface area contributed by atoms with Gasteiger partial charge in [-0.15, -0.1) is 0 Å². The van der Waals surface area contributed by atoms with Gasteiger partial charge in [-0.1, -0.05) is 18.9 Å². The minimum atomic E-state index is -0.419. The second-order valence-electron chi connectivity index (χ2n) is 8.89. The Bertz CT molecular complexity index is 1020. The van der Waals surface area contributed by atoms with E-state index in [0.717, 1.165) is 25.7 Å². The summed E-state index contributed by atoms with van der Waals surface area (Å²) in [5.41, 5.74) is 1.01. The van der Waals surface area contributed by atoms with E-state index in [1.165, 1.54) is 12.1 Å². The van der Waals surface area contributed by atoms with E-state index in [1.54, 1.807) is 49.5 Å². The fourth-order valence-corrected chi connectivity index (χ4v) is 5.09. The molecule has 2 amide bonds. The molecule has 182 valence electrons. The Morgan fingerprint density at radius 1 is 0.971 bits per heavy atom. The maximum atomic E-state index is 13.6. The van der Waals surface area contributed by atoms with E-state index in [9.17, 15) is 14.0 Å². The van der Waals surface area contributed by atoms with Crippen molar-refractivity contribution < 1.29 is 23.5 Å². The average Bonchev–Trinajstić information content (AvgIpc) is 3.38. The van der Waals surface area contributed by atoms with Crippen LogP contribution in [0.4, 0.5) is 10.1 Å². The van der Waals surface area contributed by atoms with Gasteiger partial charge in [-0.25, -0.2) is 4.39 Å². The summed E-state index contributed by atoms with van der Waals surface area (Å²) in [6, 6.07) is 10.9. The zero-order chi connectivity index (χ0) is 24.1. The van der Waals surface area contributed by atoms with Crippen LogP contribution in [0.3, 0.4) is 0 Å². The van der Waals surface area contributed by atoms with Crippen LogP contribution in [0.15, 0.2) is 42.5 Å². The predicted octanol–water partition coefficient (Wildman–Crippen LogP) is 3.80. The van der Waals surface area contributed by atoms with E-state index in [-0.39, 0.29) is 23.8 Å². The van der Waals surface area contributed by atoms with Crippen LogP contribution >= 0.6 is 0 Å². The smallest absolute Gasteiger partial charge is 0.254 e. The number of benzene rings is 2. The van der Waals surface area contributed by atoms with Crippen molar-refractivity contribution in [2.24, 2.45) is 5.92 Å². The topological polar surface area (TPSA) is 71.1 Å². The fraction of sp³-hybridized carbons (Fsp3) is 0.462. The van der Waals surface area contributed by atoms with E-state index in [4.69, 9.17) is 9.47 Å². The van der Waals surface area contributed by atoms with Crippen molar-refractivity contribution in [2.45, 2.75) is 31.7 Å². The van der Waals surface area contributed by atoms with E-state index in [2.05, 4.69) is 10.2 Å². The molecule has 1 atom stereocenters. The van der Waals surface area contributed by atoms with E-state index >= 15 is 0 Å². The number of amides is 2. The van der Waals surface area contributed by atoms with Gasteiger partial charge in [0.15, 0.2) is 11.5 Å². The molecule has 7 nitrogen and oxygen atoms in total. The first-order chi connectivity index (χ1) is 16.5. The summed E-state index contributed by atoms with van der Waals surface area (Å²) in [7, 11) is 3.14. The minimum Gasteiger partial charge on any atom is -0.493 e. The maximum Gasteiger partial charge on any atom is 0.254 e. The quantitative estimate of drug-likeness (QED) is 0.668. The van der Waals surface area contributed by atoms with Gasteiger partial charge in [0.1, 0.15) is 5.82 Å². The van der Waals surface area contributed by atoms with Crippen LogP contribution in [0.1, 0.15) is 36.0 Å². The summed E-state index contributed by atoms with van der Waals surface area (Å²) in [5, 5.41) is 3.07. The van der Waals surface area contributed by atoms with Crippen molar-refractivity contribution in [1.29, 1.82) is 0 Å². The maximum absolute atomic E-state index is 13.6. The van der Waals surface area contributed by atoms with Crippen LogP contribution in [-0.4, -0.2) is 68.1 Å². The molecule has 2 aliphatic rings. The SMILES string of the molecule is COc1ccc(NC(=O)C(C2CCCC2)N2CCN(C(=O)c3cccc(F)c3)CC2)cc1OC. The van der Waals surface area contributed by atoms with Crippen LogP contribution in [0.5, 0.6) is 11.5 Å². The molecule has 1 heterocycles. The third kappa shape index (κ3) is 5.33. The van der Waals surface area contributed by atoms with Crippen molar-refractivity contribution in [3.8, 4) is 11.5 Å². The van der Waals surface area contributed by atoms with Gasteiger partial charge in [-0.05, 0) is 49.1 Å². The molecule has 2 fully saturated rings. The van der Waals surface area contributed by atoms with Gasteiger partial charge in [0.05, 0.1) is 20.3 Å². The van der Waals surface area contributed by atoms with Crippen molar-refractivity contribution in [1.82, 2.24) is 9.80 Å². The van der Waals surface area contributed by atoms with Gasteiger partial charge in [0.2, 0.25) is 5.91 Å². The second kappa shape index (κ2) is 10.9. The molecule has 34 heavy (non-hydrogen) atoms. The standard InChI is InChI=1S/C26H32FN3O4/c1-33-22-11-10-21(17-23(22)34-2)28-25(31)24(18-6-3-4-7-18)29-12-14-30(15-13-29)26(32)19-8-5-9-20(27)16-19/h5,8-11,16-18,24H,3-4,6-7,12-15H2,1-2H3,(H,28,31). The van der Waals surface area contributed by atoms with Gasteiger partial charge in [-0.2, -0.15) is 0 Å². The number of hydrogen-bond donors (Lipinski definition) is 1. The van der Waals surface area contributed by atoms with Crippen molar-refractivity contribution in [2.75, 3.05) is 45.7 Å². The molecule has 0 spiro atoms. The van der Waals surface area contributed by atoms with Gasteiger partial charge in [-0.3, -0.25) is 14.5 Å².